The summed E-state index contributed by atoms with van der Waals surface area (Å²) in [7, 11) is -3.40. The number of nitrogens with two attached hydrogens (primary N) is 2. The molecule has 7 aliphatic rings. The average Bonchev–Trinajstić information content (AvgIpc) is 0.736. The van der Waals surface area contributed by atoms with Crippen LogP contribution in [0.4, 0.5) is 0 Å². The number of rotatable bonds is 16. The molecule has 18 atom stereocenters. The number of hydrogen-bond donors (Lipinski definition) is 18. The monoisotopic (exact) mass is 1710 g/mol. The van der Waals surface area contributed by atoms with Crippen LogP contribution in [0.15, 0.2) is 138 Å². The topological polar surface area (TPSA) is 554 Å². The zero-order chi connectivity index (χ0) is 86.2. The largest absolute Gasteiger partial charge is 0.508 e. The minimum Gasteiger partial charge on any atom is -0.508 e. The first-order valence-electron chi connectivity index (χ1n) is 37.8. The Labute approximate surface area is 692 Å². The third-order valence-corrected chi connectivity index (χ3v) is 23.6. The maximum absolute atomic E-state index is 16.3. The van der Waals surface area contributed by atoms with E-state index in [1.54, 1.807) is 12.1 Å². The van der Waals surface area contributed by atoms with E-state index in [0.29, 0.717) is 10.8 Å². The van der Waals surface area contributed by atoms with Crippen LogP contribution >= 0.6 is 23.2 Å². The molecule has 11 bridgehead atoms. The van der Waals surface area contributed by atoms with Crippen LogP contribution in [0, 0.1) is 5.92 Å². The lowest BCUT2D eigenvalue weighted by Crippen LogP contribution is -2.64. The molecule has 0 aromatic heterocycles. The number of aromatic hydroxyl groups is 3. The molecule has 0 spiro atoms. The van der Waals surface area contributed by atoms with E-state index in [-0.39, 0.29) is 40.3 Å². The molecular weight excluding hydrogens is 1630 g/mol. The minimum atomic E-state index is -4.87. The van der Waals surface area contributed by atoms with E-state index >= 15 is 24.0 Å². The number of carboxylic acids is 1. The number of primary amides is 1. The summed E-state index contributed by atoms with van der Waals surface area (Å²) < 4.78 is 74.6. The van der Waals surface area contributed by atoms with Gasteiger partial charge in [0.05, 0.1) is 46.2 Å². The van der Waals surface area contributed by atoms with Gasteiger partial charge in [0, 0.05) is 34.7 Å². The van der Waals surface area contributed by atoms with Gasteiger partial charge in [-0.05, 0) is 155 Å². The molecule has 2 saturated heterocycles. The van der Waals surface area contributed by atoms with Gasteiger partial charge in [-0.2, -0.15) is 8.42 Å². The molecule has 2 fully saturated rings. The summed E-state index contributed by atoms with van der Waals surface area (Å²) in [6, 6.07) is 14.4. The number of aliphatic hydroxyl groups excluding tert-OH is 5. The Hall–Kier alpha value is -11.3. The van der Waals surface area contributed by atoms with Gasteiger partial charge in [0.15, 0.2) is 29.9 Å². The SMILES string of the molecule is CN[C@@H](CC(C)C)C(=O)N[C@H]1C(=O)N[C@@H](CC(N)=O)C(=O)N[C@H]2C(=O)N[C@H]3C(=O)N[C@H](C(=O)N[C@@H](C(=O)O)c4cc(O)cc(O)c4-c4cc3ccc4O)[C@H](O)c3ccc(c(Cl)c3)Oc3cc2cc(c3OC2OC(COS(=O)(=O)c3cc4ccc5cccc6ccc(c3)c4c56)C(O)C(O)C2OC2CC(C)(N)C(O)C(C)O2)Oc2ccc(cc2Cl)[C@H]1O. The van der Waals surface area contributed by atoms with Crippen molar-refractivity contribution < 1.29 is 125 Å². The number of phenolic OH excluding ortho intramolecular Hbond substituents is 3. The summed E-state index contributed by atoms with van der Waals surface area (Å²) in [6.45, 7) is 5.48. The van der Waals surface area contributed by atoms with Crippen molar-refractivity contribution in [3.8, 4) is 57.1 Å². The Kier molecular flexibility index (Phi) is 23.9. The Morgan fingerprint density at radius 1 is 0.658 bits per heavy atom. The lowest BCUT2D eigenvalue weighted by molar-refractivity contribution is -0.333. The number of halogens is 2. The molecular formula is C82H83Cl2N9O26S. The lowest BCUT2D eigenvalue weighted by atomic mass is 9.86. The number of likely N-dealkylation sites (N-methyl/N-ethyl adjacent to an activating group) is 1. The lowest BCUT2D eigenvalue weighted by Gasteiger charge is -2.47. The number of carboxylic acid groups (broad SMARTS) is 1. The number of carbonyl (C=O) groups is 8. The Balaban J connectivity index is 0.969. The van der Waals surface area contributed by atoms with Crippen molar-refractivity contribution in [3.63, 3.8) is 0 Å². The highest BCUT2D eigenvalue weighted by atomic mass is 35.5. The summed E-state index contributed by atoms with van der Waals surface area (Å²) in [4.78, 5) is 118. The van der Waals surface area contributed by atoms with Crippen molar-refractivity contribution >= 4 is 113 Å². The van der Waals surface area contributed by atoms with Gasteiger partial charge in [-0.25, -0.2) is 4.79 Å². The van der Waals surface area contributed by atoms with Gasteiger partial charge >= 0.3 is 5.97 Å². The minimum absolute atomic E-state index is 0.127. The fourth-order valence-electron chi connectivity index (χ4n) is 15.6. The molecule has 7 amide bonds. The second-order valence-electron chi connectivity index (χ2n) is 30.7. The number of amides is 7. The van der Waals surface area contributed by atoms with Gasteiger partial charge in [0.1, 0.15) is 89.5 Å². The fourth-order valence-corrected chi connectivity index (χ4v) is 17.0. The van der Waals surface area contributed by atoms with Crippen LogP contribution in [0.25, 0.3) is 43.4 Å². The highest BCUT2D eigenvalue weighted by Crippen LogP contribution is 2.51. The number of ether oxygens (including phenoxy) is 6. The third kappa shape index (κ3) is 17.0. The van der Waals surface area contributed by atoms with Crippen molar-refractivity contribution in [3.05, 3.63) is 171 Å². The molecule has 9 aromatic rings. The molecule has 20 N–H and O–H groups in total. The third-order valence-electron chi connectivity index (χ3n) is 21.7. The fraction of sp³-hybridized carbons (Fsp3) is 0.341. The van der Waals surface area contributed by atoms with Gasteiger partial charge in [0.2, 0.25) is 53.4 Å². The molecule has 632 valence electrons. The second-order valence-corrected chi connectivity index (χ2v) is 33.2. The Morgan fingerprint density at radius 3 is 1.85 bits per heavy atom. The van der Waals surface area contributed by atoms with E-state index in [0.717, 1.165) is 88.3 Å². The first kappa shape index (κ1) is 85.1. The molecule has 0 radical (unpaired) electrons. The first-order chi connectivity index (χ1) is 56.8. The Morgan fingerprint density at radius 2 is 1.25 bits per heavy atom. The number of aliphatic hydroxyl groups is 5. The zero-order valence-corrected chi connectivity index (χ0v) is 66.5. The maximum Gasteiger partial charge on any atom is 0.330 e. The molecule has 0 saturated carbocycles. The maximum atomic E-state index is 16.3. The molecule has 7 aliphatic heterocycles. The Bertz CT molecular complexity index is 5660. The van der Waals surface area contributed by atoms with E-state index in [1.165, 1.54) is 45.2 Å². The summed E-state index contributed by atoms with van der Waals surface area (Å²) in [5.74, 6) is -16.7. The van der Waals surface area contributed by atoms with Crippen LogP contribution in [0.5, 0.6) is 46.0 Å². The van der Waals surface area contributed by atoms with E-state index < -0.39 is 258 Å². The zero-order valence-electron chi connectivity index (χ0n) is 64.2. The van der Waals surface area contributed by atoms with Crippen LogP contribution in [0.3, 0.4) is 0 Å². The second kappa shape index (κ2) is 33.7. The van der Waals surface area contributed by atoms with Crippen LogP contribution in [0.1, 0.15) is 105 Å². The van der Waals surface area contributed by atoms with Crippen LogP contribution in [-0.2, 0) is 66.9 Å². The van der Waals surface area contributed by atoms with Crippen LogP contribution in [0.2, 0.25) is 10.0 Å². The number of fused-ring (bicyclic) bond motifs is 15. The summed E-state index contributed by atoms with van der Waals surface area (Å²) in [5.41, 5.74) is 7.89. The smallest absolute Gasteiger partial charge is 0.330 e. The molecule has 38 heteroatoms. The molecule has 9 aromatic carbocycles. The van der Waals surface area contributed by atoms with Crippen molar-refractivity contribution in [1.29, 1.82) is 0 Å². The summed E-state index contributed by atoms with van der Waals surface area (Å²) >= 11 is 14.4. The number of nitrogens with one attached hydrogen (secondary N) is 7. The first-order valence-corrected chi connectivity index (χ1v) is 39.9. The van der Waals surface area contributed by atoms with Gasteiger partial charge in [-0.3, -0.25) is 37.7 Å². The van der Waals surface area contributed by atoms with Gasteiger partial charge in [-0.15, -0.1) is 0 Å². The molecule has 120 heavy (non-hydrogen) atoms. The predicted octanol–water partition coefficient (Wildman–Crippen LogP) is 4.42. The van der Waals surface area contributed by atoms with Crippen molar-refractivity contribution in [2.45, 2.75) is 161 Å². The van der Waals surface area contributed by atoms with Crippen LogP contribution < -0.4 is 62.9 Å². The standard InChI is InChI=1S/C82H83Cl2N9O26S/c1-32(2)19-48(87-5)74(103)92-65-67(98)39-14-17-52(46(83)23-39)115-54-25-41-26-55(71(54)119-81-72(118-58-30-82(4,86)73(102)33(3)114-58)70(101)69(100)56(117-81)31-113-120(111,112)43-20-36-11-9-34-7-6-8-35-10-12-37(21-43)60(36)59(34)35)116-53-18-15-40(24-47(53)84)68(99)66-79(108)91-64(80(109)110)45-27-42(94)28-51(96)61(45)44-22-38(13-16-50(44)95)62(76(105)93-66)90-77(106)63(41)89-75(104)49(29-57(85)97)88-78(65)107/h6-18,20-28,32-33,48-49,56,58,62-70,72-73,81,87,94-96,98-102H,19,29-31,86H2,1-5H3,(H2,85,97)(H,88,107)(H,89,104)(H,90,106)(H,91,108)(H,92,103)(H,93,105)(H,109,110)/t33?,48-,49-,56?,58?,62+,63+,64+,65+,66-,67+,68+,69?,70?,72?,73?,81?,82?/m0/s1. The quantitative estimate of drug-likeness (QED) is 0.0470. The van der Waals surface area contributed by atoms with Crippen molar-refractivity contribution in [1.82, 2.24) is 37.2 Å². The highest BCUT2D eigenvalue weighted by Gasteiger charge is 2.52. The van der Waals surface area contributed by atoms with Crippen molar-refractivity contribution in [2.24, 2.45) is 17.4 Å². The number of benzene rings is 9. The number of carbonyl (C=O) groups excluding carboxylic acids is 7. The number of hydrogen-bond acceptors (Lipinski definition) is 27. The number of phenols is 3. The molecule has 35 nitrogen and oxygen atoms in total. The van der Waals surface area contributed by atoms with Gasteiger partial charge in [-0.1, -0.05) is 97.7 Å². The highest BCUT2D eigenvalue weighted by molar-refractivity contribution is 7.86. The molecule has 7 heterocycles. The van der Waals surface area contributed by atoms with Gasteiger partial charge in [0.25, 0.3) is 10.1 Å². The molecule has 0 aliphatic carbocycles. The van der Waals surface area contributed by atoms with E-state index in [9.17, 15) is 68.8 Å². The average molecular weight is 1710 g/mol. The normalized spacial score (nSPS) is 26.9. The van der Waals surface area contributed by atoms with Crippen molar-refractivity contribution in [2.75, 3.05) is 13.7 Å². The van der Waals surface area contributed by atoms with E-state index in [4.69, 9.17) is 67.3 Å². The van der Waals surface area contributed by atoms with E-state index in [2.05, 4.69) is 37.2 Å². The van der Waals surface area contributed by atoms with Gasteiger partial charge < -0.3 is 123 Å². The molecule has 16 rings (SSSR count). The summed E-state index contributed by atoms with van der Waals surface area (Å²) in [6.07, 6.45) is -20.2. The van der Waals surface area contributed by atoms with Crippen LogP contribution in [-0.4, -0.2) is 194 Å². The summed E-state index contributed by atoms with van der Waals surface area (Å²) in [5, 5.41) is 127. The number of aliphatic carboxylic acids is 1. The molecule has 9 unspecified atom stereocenters. The van der Waals surface area contributed by atoms with E-state index in [1.807, 2.05) is 44.2 Å². The predicted molar refractivity (Wildman–Crippen MR) is 425 cm³/mol.